The number of carboxylic acid groups (broad SMARTS) is 1. The third-order valence-electron chi connectivity index (χ3n) is 6.64. The summed E-state index contributed by atoms with van der Waals surface area (Å²) in [6.45, 7) is 6.28. The van der Waals surface area contributed by atoms with E-state index in [0.29, 0.717) is 12.2 Å². The summed E-state index contributed by atoms with van der Waals surface area (Å²) < 4.78 is 10.9. The number of carboxylic acids is 1. The van der Waals surface area contributed by atoms with Gasteiger partial charge in [-0.15, -0.1) is 6.58 Å². The van der Waals surface area contributed by atoms with Crippen LogP contribution in [0.3, 0.4) is 0 Å². The van der Waals surface area contributed by atoms with Gasteiger partial charge in [-0.2, -0.15) is 0 Å². The van der Waals surface area contributed by atoms with Gasteiger partial charge in [-0.05, 0) is 61.4 Å². The van der Waals surface area contributed by atoms with E-state index in [1.807, 2.05) is 49.4 Å². The van der Waals surface area contributed by atoms with Crippen LogP contribution in [0.5, 0.6) is 5.75 Å². The van der Waals surface area contributed by atoms with Crippen molar-refractivity contribution in [3.05, 3.63) is 78.3 Å². The monoisotopic (exact) mass is 435 g/mol. The Morgan fingerprint density at radius 1 is 1.19 bits per heavy atom. The van der Waals surface area contributed by atoms with Gasteiger partial charge in [0, 0.05) is 0 Å². The zero-order valence-electron chi connectivity index (χ0n) is 18.4. The number of hydrogen-bond acceptors (Lipinski definition) is 4. The van der Waals surface area contributed by atoms with Crippen LogP contribution in [0.15, 0.2) is 71.4 Å². The Balaban J connectivity index is 1.73. The van der Waals surface area contributed by atoms with Crippen molar-refractivity contribution in [1.82, 2.24) is 4.90 Å². The zero-order chi connectivity index (χ0) is 22.8. The van der Waals surface area contributed by atoms with Crippen LogP contribution in [0, 0.1) is 23.7 Å². The van der Waals surface area contributed by atoms with Gasteiger partial charge in [0.25, 0.3) is 0 Å². The average Bonchev–Trinajstić information content (AvgIpc) is 3.53. The fourth-order valence-electron chi connectivity index (χ4n) is 5.16. The molecule has 2 aliphatic carbocycles. The van der Waals surface area contributed by atoms with Crippen LogP contribution in [0.1, 0.15) is 37.1 Å². The SMILES string of the molecule is C=C(C)C[C@@H](c1ccc(OC)cc1)N(Cc1ccco1)C(=O)[C@H]1[C@@H](C(=O)O)[C@@H]2C=C[C@H]1C2. The maximum absolute atomic E-state index is 14.0. The highest BCUT2D eigenvalue weighted by molar-refractivity contribution is 5.87. The number of aliphatic carboxylic acids is 1. The molecule has 0 aliphatic heterocycles. The first-order valence-corrected chi connectivity index (χ1v) is 10.9. The lowest BCUT2D eigenvalue weighted by atomic mass is 9.81. The number of fused-ring (bicyclic) bond motifs is 2. The Labute approximate surface area is 188 Å². The molecule has 32 heavy (non-hydrogen) atoms. The molecule has 1 aromatic heterocycles. The molecule has 6 nitrogen and oxygen atoms in total. The molecular weight excluding hydrogens is 406 g/mol. The summed E-state index contributed by atoms with van der Waals surface area (Å²) in [5.41, 5.74) is 1.88. The predicted molar refractivity (Wildman–Crippen MR) is 120 cm³/mol. The molecule has 2 bridgehead atoms. The van der Waals surface area contributed by atoms with Gasteiger partial charge in [-0.25, -0.2) is 0 Å². The van der Waals surface area contributed by atoms with Crippen molar-refractivity contribution in [2.24, 2.45) is 23.7 Å². The molecule has 0 spiro atoms. The number of furan rings is 1. The Morgan fingerprint density at radius 2 is 1.88 bits per heavy atom. The van der Waals surface area contributed by atoms with Crippen LogP contribution in [0.4, 0.5) is 0 Å². The Morgan fingerprint density at radius 3 is 2.44 bits per heavy atom. The average molecular weight is 436 g/mol. The van der Waals surface area contributed by atoms with Crippen molar-refractivity contribution < 1.29 is 23.8 Å². The van der Waals surface area contributed by atoms with Crippen molar-refractivity contribution >= 4 is 11.9 Å². The summed E-state index contributed by atoms with van der Waals surface area (Å²) >= 11 is 0. The van der Waals surface area contributed by atoms with Crippen molar-refractivity contribution in [3.63, 3.8) is 0 Å². The minimum Gasteiger partial charge on any atom is -0.497 e. The van der Waals surface area contributed by atoms with Crippen molar-refractivity contribution in [1.29, 1.82) is 0 Å². The molecular formula is C26H29NO5. The second kappa shape index (κ2) is 9.07. The van der Waals surface area contributed by atoms with Crippen molar-refractivity contribution in [3.8, 4) is 5.75 Å². The van der Waals surface area contributed by atoms with E-state index in [1.165, 1.54) is 0 Å². The van der Waals surface area contributed by atoms with Gasteiger partial charge >= 0.3 is 5.97 Å². The third kappa shape index (κ3) is 4.22. The molecule has 5 atom stereocenters. The van der Waals surface area contributed by atoms with E-state index in [2.05, 4.69) is 6.58 Å². The highest BCUT2D eigenvalue weighted by atomic mass is 16.5. The fourth-order valence-corrected chi connectivity index (χ4v) is 5.16. The first kappa shape index (κ1) is 21.9. The van der Waals surface area contributed by atoms with Crippen LogP contribution >= 0.6 is 0 Å². The number of amides is 1. The fraction of sp³-hybridized carbons (Fsp3) is 0.385. The predicted octanol–water partition coefficient (Wildman–Crippen LogP) is 4.85. The second-order valence-electron chi connectivity index (χ2n) is 8.83. The molecule has 168 valence electrons. The number of allylic oxidation sites excluding steroid dienone is 2. The lowest BCUT2D eigenvalue weighted by molar-refractivity contribution is -0.152. The largest absolute Gasteiger partial charge is 0.497 e. The van der Waals surface area contributed by atoms with Crippen molar-refractivity contribution in [2.45, 2.75) is 32.4 Å². The number of rotatable bonds is 9. The lowest BCUT2D eigenvalue weighted by Gasteiger charge is -2.36. The Kier molecular flexibility index (Phi) is 6.21. The van der Waals surface area contributed by atoms with Crippen LogP contribution in [-0.4, -0.2) is 29.0 Å². The van der Waals surface area contributed by atoms with E-state index >= 15 is 0 Å². The summed E-state index contributed by atoms with van der Waals surface area (Å²) in [4.78, 5) is 27.9. The summed E-state index contributed by atoms with van der Waals surface area (Å²) in [5.74, 6) is -1.07. The van der Waals surface area contributed by atoms with Crippen molar-refractivity contribution in [2.75, 3.05) is 7.11 Å². The molecule has 1 aromatic carbocycles. The maximum Gasteiger partial charge on any atom is 0.307 e. The van der Waals surface area contributed by atoms with Crippen LogP contribution in [0.2, 0.25) is 0 Å². The van der Waals surface area contributed by atoms with Crippen LogP contribution in [-0.2, 0) is 16.1 Å². The van der Waals surface area contributed by atoms with E-state index < -0.39 is 17.8 Å². The summed E-state index contributed by atoms with van der Waals surface area (Å²) in [7, 11) is 1.61. The second-order valence-corrected chi connectivity index (χ2v) is 8.83. The third-order valence-corrected chi connectivity index (χ3v) is 6.64. The molecule has 1 heterocycles. The number of carbonyl (C=O) groups excluding carboxylic acids is 1. The molecule has 1 amide bonds. The van der Waals surface area contributed by atoms with Gasteiger partial charge in [-0.1, -0.05) is 29.9 Å². The maximum atomic E-state index is 14.0. The number of methoxy groups -OCH3 is 1. The number of carbonyl (C=O) groups is 2. The molecule has 1 N–H and O–H groups in total. The lowest BCUT2D eigenvalue weighted by Crippen LogP contribution is -2.44. The van der Waals surface area contributed by atoms with Gasteiger partial charge in [0.15, 0.2) is 0 Å². The highest BCUT2D eigenvalue weighted by Gasteiger charge is 2.53. The Bertz CT molecular complexity index is 1010. The molecule has 6 heteroatoms. The quantitative estimate of drug-likeness (QED) is 0.570. The summed E-state index contributed by atoms with van der Waals surface area (Å²) in [6.07, 6.45) is 6.83. The molecule has 0 radical (unpaired) electrons. The minimum atomic E-state index is -0.904. The summed E-state index contributed by atoms with van der Waals surface area (Å²) in [6, 6.07) is 11.0. The number of hydrogen-bond donors (Lipinski definition) is 1. The van der Waals surface area contributed by atoms with Gasteiger partial charge in [0.2, 0.25) is 5.91 Å². The number of ether oxygens (including phenoxy) is 1. The first-order chi connectivity index (χ1) is 15.4. The van der Waals surface area contributed by atoms with E-state index in [0.717, 1.165) is 23.3 Å². The van der Waals surface area contributed by atoms with Crippen LogP contribution in [0.25, 0.3) is 0 Å². The number of nitrogens with zero attached hydrogens (tertiary/aromatic N) is 1. The molecule has 2 aliphatic rings. The van der Waals surface area contributed by atoms with Crippen LogP contribution < -0.4 is 4.74 Å². The molecule has 4 rings (SSSR count). The molecule has 1 saturated carbocycles. The number of benzene rings is 1. The molecule has 0 saturated heterocycles. The van der Waals surface area contributed by atoms with E-state index in [1.54, 1.807) is 24.3 Å². The standard InChI is InChI=1S/C26H29NO5/c1-16(2)13-22(17-8-10-20(31-3)11-9-17)27(15-21-5-4-12-32-21)25(28)23-18-6-7-19(14-18)24(23)26(29)30/h4-12,18-19,22-24H,1,13-15H2,2-3H3,(H,29,30)/t18-,19+,22-,23+,24-/m0/s1. The summed E-state index contributed by atoms with van der Waals surface area (Å²) in [5, 5.41) is 9.90. The van der Waals surface area contributed by atoms with Gasteiger partial charge in [0.05, 0.1) is 37.8 Å². The van der Waals surface area contributed by atoms with Gasteiger partial charge in [-0.3, -0.25) is 9.59 Å². The topological polar surface area (TPSA) is 80.0 Å². The Hall–Kier alpha value is -3.28. The zero-order valence-corrected chi connectivity index (χ0v) is 18.4. The highest BCUT2D eigenvalue weighted by Crippen LogP contribution is 2.49. The van der Waals surface area contributed by atoms with E-state index in [-0.39, 0.29) is 30.3 Å². The van der Waals surface area contributed by atoms with Gasteiger partial charge < -0.3 is 19.2 Å². The minimum absolute atomic E-state index is 0.0472. The van der Waals surface area contributed by atoms with E-state index in [9.17, 15) is 14.7 Å². The van der Waals surface area contributed by atoms with Gasteiger partial charge in [0.1, 0.15) is 11.5 Å². The molecule has 2 aromatic rings. The van der Waals surface area contributed by atoms with E-state index in [4.69, 9.17) is 9.15 Å². The molecule has 0 unspecified atom stereocenters. The smallest absolute Gasteiger partial charge is 0.307 e. The molecule has 1 fully saturated rings. The first-order valence-electron chi connectivity index (χ1n) is 10.9. The normalized spacial score (nSPS) is 24.3.